The van der Waals surface area contributed by atoms with Crippen LogP contribution >= 0.6 is 0 Å². The summed E-state index contributed by atoms with van der Waals surface area (Å²) in [5.41, 5.74) is -2.08. The molecular formula is C13H8F3N3O4. The van der Waals surface area contributed by atoms with E-state index in [2.05, 4.69) is 5.32 Å². The van der Waals surface area contributed by atoms with Crippen LogP contribution in [0.1, 0.15) is 5.56 Å². The fourth-order valence-electron chi connectivity index (χ4n) is 1.82. The summed E-state index contributed by atoms with van der Waals surface area (Å²) in [6.07, 6.45) is -4.55. The first-order valence-corrected chi connectivity index (χ1v) is 6.05. The van der Waals surface area contributed by atoms with Gasteiger partial charge >= 0.3 is 6.18 Å². The smallest absolute Gasteiger partial charge is 0.355 e. The van der Waals surface area contributed by atoms with Gasteiger partial charge in [0.15, 0.2) is 0 Å². The van der Waals surface area contributed by atoms with E-state index < -0.39 is 33.0 Å². The number of rotatable bonds is 4. The van der Waals surface area contributed by atoms with E-state index in [0.29, 0.717) is 0 Å². The molecule has 0 bridgehead atoms. The number of benzene rings is 2. The lowest BCUT2D eigenvalue weighted by Crippen LogP contribution is -2.05. The molecule has 2 rings (SSSR count). The molecule has 0 saturated heterocycles. The zero-order valence-corrected chi connectivity index (χ0v) is 11.2. The molecule has 7 nitrogen and oxygen atoms in total. The average Bonchev–Trinajstić information content (AvgIpc) is 2.46. The molecule has 0 atom stereocenters. The molecule has 0 saturated carbocycles. The summed E-state index contributed by atoms with van der Waals surface area (Å²) >= 11 is 0. The van der Waals surface area contributed by atoms with Gasteiger partial charge in [-0.3, -0.25) is 20.2 Å². The van der Waals surface area contributed by atoms with Crippen LogP contribution in [0.3, 0.4) is 0 Å². The van der Waals surface area contributed by atoms with Crippen LogP contribution < -0.4 is 5.32 Å². The third-order valence-corrected chi connectivity index (χ3v) is 2.80. The molecule has 1 N–H and O–H groups in total. The second-order valence-corrected chi connectivity index (χ2v) is 4.46. The van der Waals surface area contributed by atoms with Gasteiger partial charge in [-0.15, -0.1) is 0 Å². The molecule has 120 valence electrons. The van der Waals surface area contributed by atoms with E-state index in [1.807, 2.05) is 0 Å². The maximum absolute atomic E-state index is 12.6. The Hall–Kier alpha value is -3.17. The highest BCUT2D eigenvalue weighted by Gasteiger charge is 2.30. The summed E-state index contributed by atoms with van der Waals surface area (Å²) in [6.45, 7) is 0. The number of anilines is 2. The Morgan fingerprint density at radius 1 is 0.870 bits per heavy atom. The van der Waals surface area contributed by atoms with Gasteiger partial charge in [-0.2, -0.15) is 13.2 Å². The monoisotopic (exact) mass is 327 g/mol. The predicted molar refractivity (Wildman–Crippen MR) is 74.5 cm³/mol. The number of nitro groups is 2. The number of nitrogens with one attached hydrogen (secondary N) is 1. The highest BCUT2D eigenvalue weighted by molar-refractivity contribution is 5.66. The molecule has 23 heavy (non-hydrogen) atoms. The van der Waals surface area contributed by atoms with E-state index in [4.69, 9.17) is 0 Å². The first-order valence-electron chi connectivity index (χ1n) is 6.05. The lowest BCUT2D eigenvalue weighted by Gasteiger charge is -2.10. The van der Waals surface area contributed by atoms with Crippen LogP contribution in [0.4, 0.5) is 35.9 Å². The van der Waals surface area contributed by atoms with E-state index in [1.165, 1.54) is 6.07 Å². The predicted octanol–water partition coefficient (Wildman–Crippen LogP) is 4.27. The number of halogens is 3. The molecule has 0 aliphatic rings. The second kappa shape index (κ2) is 5.91. The Morgan fingerprint density at radius 3 is 1.91 bits per heavy atom. The minimum absolute atomic E-state index is 0.00498. The summed E-state index contributed by atoms with van der Waals surface area (Å²) in [5, 5.41) is 24.0. The Morgan fingerprint density at radius 2 is 1.43 bits per heavy atom. The van der Waals surface area contributed by atoms with Crippen molar-refractivity contribution in [3.05, 3.63) is 68.3 Å². The Labute approximate surface area is 126 Å². The molecule has 0 heterocycles. The summed E-state index contributed by atoms with van der Waals surface area (Å²) in [4.78, 5) is 19.9. The van der Waals surface area contributed by atoms with Crippen molar-refractivity contribution in [2.75, 3.05) is 5.32 Å². The van der Waals surface area contributed by atoms with Crippen LogP contribution in [0.2, 0.25) is 0 Å². The lowest BCUT2D eigenvalue weighted by atomic mass is 10.2. The molecule has 2 aromatic carbocycles. The molecule has 10 heteroatoms. The van der Waals surface area contributed by atoms with Crippen LogP contribution in [-0.4, -0.2) is 9.85 Å². The fraction of sp³-hybridized carbons (Fsp3) is 0.0769. The lowest BCUT2D eigenvalue weighted by molar-refractivity contribution is -0.394. The van der Waals surface area contributed by atoms with E-state index in [9.17, 15) is 33.4 Å². The zero-order chi connectivity index (χ0) is 17.2. The fourth-order valence-corrected chi connectivity index (χ4v) is 1.82. The summed E-state index contributed by atoms with van der Waals surface area (Å²) < 4.78 is 37.9. The van der Waals surface area contributed by atoms with Crippen LogP contribution in [0.5, 0.6) is 0 Å². The van der Waals surface area contributed by atoms with Gasteiger partial charge in [0.2, 0.25) is 0 Å². The molecule has 0 fully saturated rings. The largest absolute Gasteiger partial charge is 0.416 e. The average molecular weight is 327 g/mol. The van der Waals surface area contributed by atoms with Gasteiger partial charge in [0, 0.05) is 17.8 Å². The third kappa shape index (κ3) is 3.93. The first kappa shape index (κ1) is 16.2. The number of alkyl halides is 3. The van der Waals surface area contributed by atoms with Crippen molar-refractivity contribution in [1.82, 2.24) is 0 Å². The first-order chi connectivity index (χ1) is 10.7. The summed E-state index contributed by atoms with van der Waals surface area (Å²) in [6, 6.07) is 6.86. The van der Waals surface area contributed by atoms with Gasteiger partial charge < -0.3 is 5.32 Å². The molecule has 0 unspecified atom stereocenters. The molecule has 0 aliphatic carbocycles. The van der Waals surface area contributed by atoms with Gasteiger partial charge in [0.05, 0.1) is 27.2 Å². The summed E-state index contributed by atoms with van der Waals surface area (Å²) in [5.74, 6) is 0. The van der Waals surface area contributed by atoms with Crippen molar-refractivity contribution in [3.63, 3.8) is 0 Å². The van der Waals surface area contributed by atoms with Gasteiger partial charge in [-0.25, -0.2) is 0 Å². The van der Waals surface area contributed by atoms with Crippen LogP contribution in [0.25, 0.3) is 0 Å². The van der Waals surface area contributed by atoms with Crippen molar-refractivity contribution in [1.29, 1.82) is 0 Å². The van der Waals surface area contributed by atoms with Crippen molar-refractivity contribution >= 4 is 22.7 Å². The number of hydrogen-bond donors (Lipinski definition) is 1. The van der Waals surface area contributed by atoms with E-state index in [-0.39, 0.29) is 11.4 Å². The Balaban J connectivity index is 2.40. The van der Waals surface area contributed by atoms with E-state index >= 15 is 0 Å². The standard InChI is InChI=1S/C13H8F3N3O4/c14-13(15,16)8-2-1-3-9(4-8)17-10-5-11(18(20)21)7-12(6-10)19(22)23/h1-7,17H. The molecule has 0 amide bonds. The SMILES string of the molecule is O=[N+]([O-])c1cc(Nc2cccc(C(F)(F)F)c2)cc([N+](=O)[O-])c1. The minimum Gasteiger partial charge on any atom is -0.355 e. The number of nitro benzene ring substituents is 2. The zero-order valence-electron chi connectivity index (χ0n) is 11.2. The van der Waals surface area contributed by atoms with Crippen molar-refractivity contribution < 1.29 is 23.0 Å². The molecular weight excluding hydrogens is 319 g/mol. The maximum atomic E-state index is 12.6. The Bertz CT molecular complexity index is 745. The van der Waals surface area contributed by atoms with Gasteiger partial charge in [-0.1, -0.05) is 6.07 Å². The third-order valence-electron chi connectivity index (χ3n) is 2.80. The minimum atomic E-state index is -4.55. The van der Waals surface area contributed by atoms with E-state index in [1.54, 1.807) is 0 Å². The molecule has 0 aliphatic heterocycles. The van der Waals surface area contributed by atoms with Crippen molar-refractivity contribution in [2.45, 2.75) is 6.18 Å². The molecule has 0 spiro atoms. The van der Waals surface area contributed by atoms with Crippen molar-refractivity contribution in [3.8, 4) is 0 Å². The second-order valence-electron chi connectivity index (χ2n) is 4.46. The number of non-ortho nitro benzene ring substituents is 2. The number of nitrogens with zero attached hydrogens (tertiary/aromatic N) is 2. The van der Waals surface area contributed by atoms with Crippen LogP contribution in [0.15, 0.2) is 42.5 Å². The van der Waals surface area contributed by atoms with Gasteiger partial charge in [0.1, 0.15) is 0 Å². The highest BCUT2D eigenvalue weighted by Crippen LogP contribution is 2.32. The van der Waals surface area contributed by atoms with Gasteiger partial charge in [-0.05, 0) is 18.2 Å². The molecule has 0 aromatic heterocycles. The normalized spacial score (nSPS) is 11.1. The van der Waals surface area contributed by atoms with E-state index in [0.717, 1.165) is 36.4 Å². The molecule has 0 radical (unpaired) electrons. The van der Waals surface area contributed by atoms with Gasteiger partial charge in [0.25, 0.3) is 11.4 Å². The molecule has 2 aromatic rings. The van der Waals surface area contributed by atoms with Crippen LogP contribution in [0, 0.1) is 20.2 Å². The topological polar surface area (TPSA) is 98.3 Å². The highest BCUT2D eigenvalue weighted by atomic mass is 19.4. The quantitative estimate of drug-likeness (QED) is 0.668. The summed E-state index contributed by atoms with van der Waals surface area (Å²) in [7, 11) is 0. The number of hydrogen-bond acceptors (Lipinski definition) is 5. The maximum Gasteiger partial charge on any atom is 0.416 e. The Kier molecular flexibility index (Phi) is 4.16. The van der Waals surface area contributed by atoms with Crippen molar-refractivity contribution in [2.24, 2.45) is 0 Å². The van der Waals surface area contributed by atoms with Crippen LogP contribution in [-0.2, 0) is 6.18 Å².